The molecule has 1 N–H and O–H groups in total. The molecule has 1 aromatic heterocycles. The number of benzene rings is 1. The number of aromatic nitrogens is 1. The molecule has 2 rings (SSSR count). The molecule has 1 aromatic carbocycles. The Kier molecular flexibility index (Phi) is 6.14. The summed E-state index contributed by atoms with van der Waals surface area (Å²) in [5.74, 6) is 0.308. The number of nitrogens with one attached hydrogen (secondary N) is 1. The topological polar surface area (TPSA) is 34.1 Å². The first-order chi connectivity index (χ1) is 10.2. The first-order valence-corrected chi connectivity index (χ1v) is 7.70. The van der Waals surface area contributed by atoms with E-state index < -0.39 is 0 Å². The van der Waals surface area contributed by atoms with Crippen LogP contribution in [0.5, 0.6) is 5.75 Å². The van der Waals surface area contributed by atoms with Crippen molar-refractivity contribution in [3.63, 3.8) is 0 Å². The van der Waals surface area contributed by atoms with Crippen LogP contribution in [0, 0.1) is 5.82 Å². The highest BCUT2D eigenvalue weighted by Crippen LogP contribution is 2.26. The Balaban J connectivity index is 1.88. The van der Waals surface area contributed by atoms with Gasteiger partial charge in [0.15, 0.2) is 0 Å². The van der Waals surface area contributed by atoms with E-state index in [1.54, 1.807) is 6.07 Å². The van der Waals surface area contributed by atoms with Crippen molar-refractivity contribution in [1.82, 2.24) is 10.3 Å². The number of hydrogen-bond donors (Lipinski definition) is 1. The molecular weight excluding hydrogens is 335 g/mol. The van der Waals surface area contributed by atoms with E-state index in [1.165, 1.54) is 12.1 Å². The van der Waals surface area contributed by atoms with Crippen LogP contribution in [0.1, 0.15) is 24.6 Å². The van der Waals surface area contributed by atoms with E-state index in [9.17, 15) is 4.39 Å². The number of halogens is 2. The van der Waals surface area contributed by atoms with Gasteiger partial charge in [-0.3, -0.25) is 4.98 Å². The van der Waals surface area contributed by atoms with Gasteiger partial charge in [0.05, 0.1) is 10.2 Å². The molecule has 3 nitrogen and oxygen atoms in total. The molecule has 0 saturated carbocycles. The monoisotopic (exact) mass is 352 g/mol. The highest BCUT2D eigenvalue weighted by Gasteiger charge is 2.04. The molecule has 0 spiro atoms. The Morgan fingerprint density at radius 1 is 1.29 bits per heavy atom. The lowest BCUT2D eigenvalue weighted by Crippen LogP contribution is -2.14. The van der Waals surface area contributed by atoms with Gasteiger partial charge in [-0.25, -0.2) is 4.39 Å². The molecule has 5 heteroatoms. The smallest absolute Gasteiger partial charge is 0.134 e. The molecule has 0 aliphatic carbocycles. The van der Waals surface area contributed by atoms with Gasteiger partial charge in [-0.05, 0) is 58.7 Å². The maximum absolute atomic E-state index is 13.0. The summed E-state index contributed by atoms with van der Waals surface area (Å²) in [6, 6.07) is 8.33. The fraction of sp³-hybridized carbons (Fsp3) is 0.312. The number of rotatable bonds is 7. The van der Waals surface area contributed by atoms with Gasteiger partial charge in [-0.1, -0.05) is 13.0 Å². The van der Waals surface area contributed by atoms with Crippen LogP contribution in [0.4, 0.5) is 4.39 Å². The maximum atomic E-state index is 13.0. The van der Waals surface area contributed by atoms with Crippen molar-refractivity contribution in [1.29, 1.82) is 0 Å². The Morgan fingerprint density at radius 2 is 2.14 bits per heavy atom. The molecule has 0 fully saturated rings. The Bertz CT molecular complexity index is 575. The predicted octanol–water partition coefficient (Wildman–Crippen LogP) is 4.06. The summed E-state index contributed by atoms with van der Waals surface area (Å²) in [5, 5.41) is 3.33. The second-order valence-electron chi connectivity index (χ2n) is 4.70. The fourth-order valence-corrected chi connectivity index (χ4v) is 2.26. The summed E-state index contributed by atoms with van der Waals surface area (Å²) in [7, 11) is 0. The Morgan fingerprint density at radius 3 is 2.81 bits per heavy atom. The van der Waals surface area contributed by atoms with Crippen molar-refractivity contribution in [2.24, 2.45) is 0 Å². The molecule has 0 aliphatic rings. The molecule has 0 bridgehead atoms. The van der Waals surface area contributed by atoms with E-state index in [0.29, 0.717) is 16.8 Å². The second-order valence-corrected chi connectivity index (χ2v) is 5.55. The highest BCUT2D eigenvalue weighted by atomic mass is 79.9. The third kappa shape index (κ3) is 5.10. The van der Waals surface area contributed by atoms with Crippen LogP contribution in [0.2, 0.25) is 0 Å². The quantitative estimate of drug-likeness (QED) is 0.763. The number of pyridine rings is 1. The molecule has 0 atom stereocenters. The normalized spacial score (nSPS) is 10.6. The minimum absolute atomic E-state index is 0.295. The predicted molar refractivity (Wildman–Crippen MR) is 84.7 cm³/mol. The Hall–Kier alpha value is -1.46. The molecule has 21 heavy (non-hydrogen) atoms. The van der Waals surface area contributed by atoms with Crippen LogP contribution in [-0.4, -0.2) is 11.5 Å². The van der Waals surface area contributed by atoms with Crippen molar-refractivity contribution in [3.05, 3.63) is 58.1 Å². The van der Waals surface area contributed by atoms with E-state index >= 15 is 0 Å². The molecule has 2 aromatic rings. The van der Waals surface area contributed by atoms with Crippen LogP contribution in [0.3, 0.4) is 0 Å². The van der Waals surface area contributed by atoms with Gasteiger partial charge in [0, 0.05) is 12.7 Å². The van der Waals surface area contributed by atoms with Gasteiger partial charge in [0.25, 0.3) is 0 Å². The van der Waals surface area contributed by atoms with Gasteiger partial charge in [-0.15, -0.1) is 0 Å². The first-order valence-electron chi connectivity index (χ1n) is 6.91. The van der Waals surface area contributed by atoms with E-state index in [1.807, 2.05) is 18.3 Å². The maximum Gasteiger partial charge on any atom is 0.134 e. The highest BCUT2D eigenvalue weighted by molar-refractivity contribution is 9.10. The van der Waals surface area contributed by atoms with Gasteiger partial charge in [0.2, 0.25) is 0 Å². The summed E-state index contributed by atoms with van der Waals surface area (Å²) < 4.78 is 19.2. The van der Waals surface area contributed by atoms with Gasteiger partial charge in [0.1, 0.15) is 18.2 Å². The average molecular weight is 353 g/mol. The van der Waals surface area contributed by atoms with Crippen molar-refractivity contribution in [2.45, 2.75) is 26.5 Å². The first kappa shape index (κ1) is 15.9. The van der Waals surface area contributed by atoms with Crippen LogP contribution < -0.4 is 10.1 Å². The van der Waals surface area contributed by atoms with Crippen LogP contribution in [0.25, 0.3) is 0 Å². The average Bonchev–Trinajstić information content (AvgIpc) is 2.48. The third-order valence-electron chi connectivity index (χ3n) is 2.91. The Labute approximate surface area is 132 Å². The van der Waals surface area contributed by atoms with Gasteiger partial charge < -0.3 is 10.1 Å². The summed E-state index contributed by atoms with van der Waals surface area (Å²) in [6.07, 6.45) is 2.97. The van der Waals surface area contributed by atoms with Crippen molar-refractivity contribution in [3.8, 4) is 5.75 Å². The zero-order valence-corrected chi connectivity index (χ0v) is 13.5. The fourth-order valence-electron chi connectivity index (χ4n) is 1.80. The summed E-state index contributed by atoms with van der Waals surface area (Å²) in [5.41, 5.74) is 1.99. The molecule has 112 valence electrons. The van der Waals surface area contributed by atoms with Crippen LogP contribution in [-0.2, 0) is 13.2 Å². The van der Waals surface area contributed by atoms with Crippen molar-refractivity contribution in [2.75, 3.05) is 6.54 Å². The molecule has 0 aliphatic heterocycles. The SMILES string of the molecule is CCCNCc1ccc(COc2ccc(F)cc2Br)nc1. The molecule has 0 radical (unpaired) electrons. The van der Waals surface area contributed by atoms with Crippen molar-refractivity contribution < 1.29 is 9.13 Å². The third-order valence-corrected chi connectivity index (χ3v) is 3.53. The van der Waals surface area contributed by atoms with Crippen LogP contribution >= 0.6 is 15.9 Å². The minimum atomic E-state index is -0.295. The lowest BCUT2D eigenvalue weighted by molar-refractivity contribution is 0.299. The van der Waals surface area contributed by atoms with Crippen molar-refractivity contribution >= 4 is 15.9 Å². The number of ether oxygens (including phenoxy) is 1. The summed E-state index contributed by atoms with van der Waals surface area (Å²) in [4.78, 5) is 4.37. The minimum Gasteiger partial charge on any atom is -0.486 e. The van der Waals surface area contributed by atoms with E-state index in [2.05, 4.69) is 33.2 Å². The lowest BCUT2D eigenvalue weighted by Gasteiger charge is -2.08. The van der Waals surface area contributed by atoms with E-state index in [-0.39, 0.29) is 5.82 Å². The number of nitrogens with zero attached hydrogens (tertiary/aromatic N) is 1. The second kappa shape index (κ2) is 8.10. The summed E-state index contributed by atoms with van der Waals surface area (Å²) >= 11 is 3.27. The summed E-state index contributed by atoms with van der Waals surface area (Å²) in [6.45, 7) is 4.32. The van der Waals surface area contributed by atoms with E-state index in [4.69, 9.17) is 4.74 Å². The molecule has 1 heterocycles. The van der Waals surface area contributed by atoms with Gasteiger partial charge >= 0.3 is 0 Å². The van der Waals surface area contributed by atoms with Gasteiger partial charge in [-0.2, -0.15) is 0 Å². The standard InChI is InChI=1S/C16H18BrFN2O/c1-2-7-19-9-12-3-5-14(20-10-12)11-21-16-6-4-13(18)8-15(16)17/h3-6,8,10,19H,2,7,9,11H2,1H3. The largest absolute Gasteiger partial charge is 0.486 e. The molecule has 0 unspecified atom stereocenters. The number of hydrogen-bond acceptors (Lipinski definition) is 3. The molecule has 0 saturated heterocycles. The van der Waals surface area contributed by atoms with Crippen LogP contribution in [0.15, 0.2) is 41.0 Å². The van der Waals surface area contributed by atoms with E-state index in [0.717, 1.165) is 30.8 Å². The lowest BCUT2D eigenvalue weighted by atomic mass is 10.2. The molecular formula is C16H18BrFN2O. The zero-order chi connectivity index (χ0) is 15.1. The zero-order valence-electron chi connectivity index (χ0n) is 11.9. The molecule has 0 amide bonds.